The first-order chi connectivity index (χ1) is 14.3. The van der Waals surface area contributed by atoms with Crippen LogP contribution in [0.5, 0.6) is 0 Å². The average Bonchev–Trinajstić information content (AvgIpc) is 3.12. The van der Waals surface area contributed by atoms with Crippen LogP contribution in [0.4, 0.5) is 23.1 Å². The number of rotatable bonds is 5. The Labute approximate surface area is 174 Å². The highest BCUT2D eigenvalue weighted by molar-refractivity contribution is 7.92. The van der Waals surface area contributed by atoms with Crippen LogP contribution in [-0.4, -0.2) is 28.2 Å². The highest BCUT2D eigenvalue weighted by atomic mass is 32.2. The standard InChI is InChI=1S/C21H22N6O2S/c1-13(2)30(28,29)18-9-4-3-8-16(18)24-20-19-17(25-21(23)26-20)10-11-27(19)15-7-5-6-14(22)12-15/h3-13H,22H2,1-2H3,(H3,23,24,25,26). The first kappa shape index (κ1) is 19.7. The van der Waals surface area contributed by atoms with Gasteiger partial charge in [0, 0.05) is 17.6 Å². The average molecular weight is 423 g/mol. The van der Waals surface area contributed by atoms with Crippen molar-refractivity contribution in [2.45, 2.75) is 24.0 Å². The smallest absolute Gasteiger partial charge is 0.222 e. The van der Waals surface area contributed by atoms with Gasteiger partial charge in [0.2, 0.25) is 5.95 Å². The number of nitrogens with two attached hydrogens (primary N) is 2. The van der Waals surface area contributed by atoms with E-state index in [1.165, 1.54) is 0 Å². The maximum atomic E-state index is 12.8. The summed E-state index contributed by atoms with van der Waals surface area (Å²) < 4.78 is 27.5. The first-order valence-corrected chi connectivity index (χ1v) is 10.9. The number of nitrogens with one attached hydrogen (secondary N) is 1. The van der Waals surface area contributed by atoms with E-state index in [1.54, 1.807) is 44.2 Å². The molecule has 5 N–H and O–H groups in total. The Kier molecular flexibility index (Phi) is 4.83. The molecule has 4 aromatic rings. The van der Waals surface area contributed by atoms with E-state index in [1.807, 2.05) is 35.0 Å². The van der Waals surface area contributed by atoms with Crippen molar-refractivity contribution < 1.29 is 8.42 Å². The highest BCUT2D eigenvalue weighted by Gasteiger charge is 2.23. The van der Waals surface area contributed by atoms with Gasteiger partial charge in [0.1, 0.15) is 5.52 Å². The van der Waals surface area contributed by atoms with Gasteiger partial charge in [-0.2, -0.15) is 4.98 Å². The molecule has 0 radical (unpaired) electrons. The van der Waals surface area contributed by atoms with Crippen molar-refractivity contribution in [3.8, 4) is 5.69 Å². The van der Waals surface area contributed by atoms with Gasteiger partial charge in [-0.25, -0.2) is 13.4 Å². The normalized spacial score (nSPS) is 11.8. The number of nitrogen functional groups attached to an aromatic ring is 2. The Balaban J connectivity index is 1.90. The molecule has 0 atom stereocenters. The van der Waals surface area contributed by atoms with E-state index in [4.69, 9.17) is 11.5 Å². The van der Waals surface area contributed by atoms with Gasteiger partial charge < -0.3 is 21.4 Å². The van der Waals surface area contributed by atoms with E-state index in [9.17, 15) is 8.42 Å². The molecule has 0 aliphatic rings. The third-order valence-electron chi connectivity index (χ3n) is 4.77. The molecule has 2 heterocycles. The van der Waals surface area contributed by atoms with Crippen LogP contribution in [0.3, 0.4) is 0 Å². The molecule has 0 aliphatic carbocycles. The molecule has 154 valence electrons. The van der Waals surface area contributed by atoms with Crippen LogP contribution in [0.2, 0.25) is 0 Å². The summed E-state index contributed by atoms with van der Waals surface area (Å²) in [6, 6.07) is 16.0. The molecule has 0 saturated heterocycles. The summed E-state index contributed by atoms with van der Waals surface area (Å²) in [5.41, 5.74) is 15.0. The van der Waals surface area contributed by atoms with Crippen LogP contribution in [0.1, 0.15) is 13.8 Å². The maximum Gasteiger partial charge on any atom is 0.222 e. The minimum atomic E-state index is -3.51. The summed E-state index contributed by atoms with van der Waals surface area (Å²) in [6.45, 7) is 3.30. The second-order valence-corrected chi connectivity index (χ2v) is 9.63. The van der Waals surface area contributed by atoms with Crippen molar-refractivity contribution in [2.24, 2.45) is 0 Å². The third-order valence-corrected chi connectivity index (χ3v) is 6.98. The lowest BCUT2D eigenvalue weighted by Gasteiger charge is -2.16. The molecule has 9 heteroatoms. The lowest BCUT2D eigenvalue weighted by molar-refractivity contribution is 0.588. The van der Waals surface area contributed by atoms with Gasteiger partial charge in [0.15, 0.2) is 15.7 Å². The van der Waals surface area contributed by atoms with Crippen molar-refractivity contribution >= 4 is 44.0 Å². The molecule has 0 aliphatic heterocycles. The van der Waals surface area contributed by atoms with Gasteiger partial charge in [0.05, 0.1) is 21.3 Å². The number of anilines is 4. The molecule has 2 aromatic heterocycles. The van der Waals surface area contributed by atoms with Gasteiger partial charge >= 0.3 is 0 Å². The van der Waals surface area contributed by atoms with Crippen LogP contribution >= 0.6 is 0 Å². The van der Waals surface area contributed by atoms with Crippen LogP contribution in [-0.2, 0) is 9.84 Å². The number of sulfone groups is 1. The second-order valence-electron chi connectivity index (χ2n) is 7.16. The molecule has 0 saturated carbocycles. The Hall–Kier alpha value is -3.59. The van der Waals surface area contributed by atoms with Gasteiger partial charge in [-0.1, -0.05) is 18.2 Å². The predicted molar refractivity (Wildman–Crippen MR) is 120 cm³/mol. The van der Waals surface area contributed by atoms with E-state index >= 15 is 0 Å². The van der Waals surface area contributed by atoms with Crippen LogP contribution in [0, 0.1) is 0 Å². The van der Waals surface area contributed by atoms with Gasteiger partial charge in [-0.15, -0.1) is 0 Å². The third kappa shape index (κ3) is 3.43. The fourth-order valence-corrected chi connectivity index (χ4v) is 4.44. The molecule has 0 bridgehead atoms. The maximum absolute atomic E-state index is 12.8. The van der Waals surface area contributed by atoms with Crippen LogP contribution < -0.4 is 16.8 Å². The number of nitrogens with zero attached hydrogens (tertiary/aromatic N) is 3. The number of benzene rings is 2. The van der Waals surface area contributed by atoms with E-state index in [2.05, 4.69) is 15.3 Å². The van der Waals surface area contributed by atoms with Crippen molar-refractivity contribution in [2.75, 3.05) is 16.8 Å². The lowest BCUT2D eigenvalue weighted by Crippen LogP contribution is -2.16. The summed E-state index contributed by atoms with van der Waals surface area (Å²) in [5.74, 6) is 0.482. The molecule has 0 fully saturated rings. The van der Waals surface area contributed by atoms with E-state index in [0.717, 1.165) is 5.69 Å². The molecule has 4 rings (SSSR count). The van der Waals surface area contributed by atoms with Crippen molar-refractivity contribution in [3.05, 3.63) is 60.8 Å². The lowest BCUT2D eigenvalue weighted by atomic mass is 10.2. The summed E-state index contributed by atoms with van der Waals surface area (Å²) in [6.07, 6.45) is 1.84. The molecule has 30 heavy (non-hydrogen) atoms. The summed E-state index contributed by atoms with van der Waals surface area (Å²) in [5, 5.41) is 2.60. The fraction of sp³-hybridized carbons (Fsp3) is 0.143. The zero-order valence-electron chi connectivity index (χ0n) is 16.6. The fourth-order valence-electron chi connectivity index (χ4n) is 3.24. The first-order valence-electron chi connectivity index (χ1n) is 9.38. The van der Waals surface area contributed by atoms with Crippen LogP contribution in [0.25, 0.3) is 16.7 Å². The molecule has 0 spiro atoms. The topological polar surface area (TPSA) is 129 Å². The number of hydrogen-bond acceptors (Lipinski definition) is 7. The Morgan fingerprint density at radius 1 is 1.00 bits per heavy atom. The zero-order chi connectivity index (χ0) is 21.5. The number of fused-ring (bicyclic) bond motifs is 1. The van der Waals surface area contributed by atoms with Gasteiger partial charge in [-0.3, -0.25) is 0 Å². The quantitative estimate of drug-likeness (QED) is 0.420. The summed E-state index contributed by atoms with van der Waals surface area (Å²) >= 11 is 0. The monoisotopic (exact) mass is 422 g/mol. The summed E-state index contributed by atoms with van der Waals surface area (Å²) in [7, 11) is -3.51. The minimum absolute atomic E-state index is 0.0829. The second kappa shape index (κ2) is 7.34. The van der Waals surface area contributed by atoms with Crippen LogP contribution in [0.15, 0.2) is 65.7 Å². The Morgan fingerprint density at radius 3 is 2.50 bits per heavy atom. The predicted octanol–water partition coefficient (Wildman–Crippen LogP) is 3.51. The molecular formula is C21H22N6O2S. The number of aromatic nitrogens is 3. The number of para-hydroxylation sites is 1. The van der Waals surface area contributed by atoms with Crippen molar-refractivity contribution in [3.63, 3.8) is 0 Å². The van der Waals surface area contributed by atoms with Gasteiger partial charge in [0.25, 0.3) is 0 Å². The Bertz CT molecular complexity index is 1340. The molecule has 0 amide bonds. The molecule has 2 aromatic carbocycles. The molecular weight excluding hydrogens is 400 g/mol. The van der Waals surface area contributed by atoms with Crippen molar-refractivity contribution in [1.29, 1.82) is 0 Å². The van der Waals surface area contributed by atoms with Gasteiger partial charge in [-0.05, 0) is 50.2 Å². The number of hydrogen-bond donors (Lipinski definition) is 3. The largest absolute Gasteiger partial charge is 0.399 e. The minimum Gasteiger partial charge on any atom is -0.399 e. The SMILES string of the molecule is CC(C)S(=O)(=O)c1ccccc1Nc1nc(N)nc2ccn(-c3cccc(N)c3)c12. The molecule has 8 nitrogen and oxygen atoms in total. The highest BCUT2D eigenvalue weighted by Crippen LogP contribution is 2.32. The van der Waals surface area contributed by atoms with Crippen molar-refractivity contribution in [1.82, 2.24) is 14.5 Å². The Morgan fingerprint density at radius 2 is 1.77 bits per heavy atom. The zero-order valence-corrected chi connectivity index (χ0v) is 17.4. The summed E-state index contributed by atoms with van der Waals surface area (Å²) in [4.78, 5) is 8.86. The van der Waals surface area contributed by atoms with E-state index in [-0.39, 0.29) is 10.8 Å². The van der Waals surface area contributed by atoms with E-state index < -0.39 is 15.1 Å². The van der Waals surface area contributed by atoms with E-state index in [0.29, 0.717) is 28.2 Å². The molecule has 0 unspecified atom stereocenters.